The number of carbonyl (C=O) groups is 1. The van der Waals surface area contributed by atoms with Crippen LogP contribution >= 0.6 is 0 Å². The van der Waals surface area contributed by atoms with Gasteiger partial charge in [-0.25, -0.2) is 0 Å². The van der Waals surface area contributed by atoms with Gasteiger partial charge in [0.15, 0.2) is 0 Å². The number of aromatic amines is 1. The summed E-state index contributed by atoms with van der Waals surface area (Å²) in [6, 6.07) is 5.22. The predicted octanol–water partition coefficient (Wildman–Crippen LogP) is 0.801. The zero-order chi connectivity index (χ0) is 13.6. The first kappa shape index (κ1) is 12.1. The van der Waals surface area contributed by atoms with Crippen LogP contribution in [0.4, 0.5) is 0 Å². The van der Waals surface area contributed by atoms with E-state index in [1.54, 1.807) is 23.1 Å². The van der Waals surface area contributed by atoms with E-state index in [1.807, 2.05) is 13.8 Å². The molecule has 1 aliphatic rings. The normalized spacial score (nSPS) is 17.8. The van der Waals surface area contributed by atoms with Crippen LogP contribution in [0.1, 0.15) is 24.2 Å². The van der Waals surface area contributed by atoms with Crippen molar-refractivity contribution in [2.45, 2.75) is 19.4 Å². The van der Waals surface area contributed by atoms with E-state index in [2.05, 4.69) is 15.4 Å². The number of aromatic nitrogens is 3. The van der Waals surface area contributed by atoms with Crippen molar-refractivity contribution in [1.29, 1.82) is 0 Å². The maximum absolute atomic E-state index is 12.3. The largest absolute Gasteiger partial charge is 0.386 e. The monoisotopic (exact) mass is 260 g/mol. The Morgan fingerprint density at radius 1 is 1.37 bits per heavy atom. The molecule has 1 aromatic heterocycles. The Balaban J connectivity index is 1.78. The zero-order valence-corrected chi connectivity index (χ0v) is 10.9. The molecule has 1 aliphatic heterocycles. The van der Waals surface area contributed by atoms with Crippen LogP contribution in [0.5, 0.6) is 0 Å². The van der Waals surface area contributed by atoms with Crippen molar-refractivity contribution in [3.63, 3.8) is 0 Å². The van der Waals surface area contributed by atoms with Crippen LogP contribution in [-0.2, 0) is 0 Å². The van der Waals surface area contributed by atoms with Crippen molar-refractivity contribution in [3.8, 4) is 0 Å². The number of hydrogen-bond donors (Lipinski definition) is 2. The number of rotatable bonds is 2. The van der Waals surface area contributed by atoms with Crippen LogP contribution in [0.15, 0.2) is 18.2 Å². The molecule has 19 heavy (non-hydrogen) atoms. The molecular weight excluding hydrogens is 244 g/mol. The summed E-state index contributed by atoms with van der Waals surface area (Å²) >= 11 is 0. The lowest BCUT2D eigenvalue weighted by molar-refractivity contribution is -0.110. The lowest BCUT2D eigenvalue weighted by atomic mass is 9.82. The number of likely N-dealkylation sites (tertiary alicyclic amines) is 1. The molecule has 3 rings (SSSR count). The van der Waals surface area contributed by atoms with Gasteiger partial charge in [0.1, 0.15) is 16.6 Å². The highest BCUT2D eigenvalue weighted by Gasteiger charge is 2.45. The number of H-pyrrole nitrogens is 1. The van der Waals surface area contributed by atoms with Gasteiger partial charge in [-0.05, 0) is 24.1 Å². The van der Waals surface area contributed by atoms with Gasteiger partial charge >= 0.3 is 0 Å². The van der Waals surface area contributed by atoms with E-state index in [0.717, 1.165) is 5.52 Å². The van der Waals surface area contributed by atoms with Crippen LogP contribution in [0.3, 0.4) is 0 Å². The van der Waals surface area contributed by atoms with Gasteiger partial charge in [0.2, 0.25) is 0 Å². The Hall–Kier alpha value is -1.95. The number of nitrogens with zero attached hydrogens (tertiary/aromatic N) is 3. The van der Waals surface area contributed by atoms with E-state index in [-0.39, 0.29) is 11.8 Å². The minimum atomic E-state index is -0.742. The third-order valence-electron chi connectivity index (χ3n) is 3.85. The van der Waals surface area contributed by atoms with Gasteiger partial charge in [0.25, 0.3) is 5.91 Å². The number of carbonyl (C=O) groups excluding carboxylic acids is 1. The Bertz CT molecular complexity index is 628. The molecule has 2 heterocycles. The number of amides is 1. The fraction of sp³-hybridized carbons (Fsp3) is 0.462. The Morgan fingerprint density at radius 3 is 2.74 bits per heavy atom. The van der Waals surface area contributed by atoms with Gasteiger partial charge in [0, 0.05) is 5.56 Å². The van der Waals surface area contributed by atoms with E-state index in [4.69, 9.17) is 0 Å². The molecule has 2 N–H and O–H groups in total. The number of nitrogens with one attached hydrogen (secondary N) is 1. The highest BCUT2D eigenvalue weighted by atomic mass is 16.3. The second kappa shape index (κ2) is 4.03. The first-order valence-electron chi connectivity index (χ1n) is 6.32. The third-order valence-corrected chi connectivity index (χ3v) is 3.85. The molecule has 0 bridgehead atoms. The van der Waals surface area contributed by atoms with Gasteiger partial charge in [-0.1, -0.05) is 13.8 Å². The Morgan fingerprint density at radius 2 is 2.05 bits per heavy atom. The average Bonchev–Trinajstić information content (AvgIpc) is 2.80. The number of β-amino-alcohol motifs (C(OH)–C–C–N with tert-alkyl or cyclic N) is 1. The highest BCUT2D eigenvalue weighted by Crippen LogP contribution is 2.29. The molecule has 0 unspecified atom stereocenters. The average molecular weight is 260 g/mol. The van der Waals surface area contributed by atoms with Crippen molar-refractivity contribution in [3.05, 3.63) is 23.8 Å². The second-order valence-electron chi connectivity index (χ2n) is 5.45. The smallest absolute Gasteiger partial charge is 0.254 e. The van der Waals surface area contributed by atoms with E-state index >= 15 is 0 Å². The molecule has 6 heteroatoms. The first-order chi connectivity index (χ1) is 8.99. The minimum absolute atomic E-state index is 0.0739. The lowest BCUT2D eigenvalue weighted by Gasteiger charge is -2.49. The molecule has 1 amide bonds. The number of benzene rings is 1. The van der Waals surface area contributed by atoms with Crippen LogP contribution < -0.4 is 0 Å². The molecule has 0 aliphatic carbocycles. The predicted molar refractivity (Wildman–Crippen MR) is 69.6 cm³/mol. The minimum Gasteiger partial charge on any atom is -0.386 e. The maximum Gasteiger partial charge on any atom is 0.254 e. The number of hydrogen-bond acceptors (Lipinski definition) is 4. The lowest BCUT2D eigenvalue weighted by Crippen LogP contribution is -2.65. The third kappa shape index (κ3) is 1.88. The topological polar surface area (TPSA) is 82.1 Å². The van der Waals surface area contributed by atoms with Crippen LogP contribution in [-0.4, -0.2) is 50.0 Å². The van der Waals surface area contributed by atoms with Gasteiger partial charge in [-0.15, -0.1) is 0 Å². The highest BCUT2D eigenvalue weighted by molar-refractivity contribution is 5.97. The van der Waals surface area contributed by atoms with Crippen molar-refractivity contribution in [2.24, 2.45) is 5.92 Å². The van der Waals surface area contributed by atoms with E-state index in [9.17, 15) is 9.90 Å². The quantitative estimate of drug-likeness (QED) is 0.836. The summed E-state index contributed by atoms with van der Waals surface area (Å²) in [5, 5.41) is 20.6. The Labute approximate surface area is 110 Å². The number of fused-ring (bicyclic) bond motifs is 1. The summed E-state index contributed by atoms with van der Waals surface area (Å²) in [5.41, 5.74) is 1.24. The fourth-order valence-corrected chi connectivity index (χ4v) is 2.28. The maximum atomic E-state index is 12.3. The molecule has 6 nitrogen and oxygen atoms in total. The zero-order valence-electron chi connectivity index (χ0n) is 10.9. The molecule has 2 aromatic rings. The molecular formula is C13H16N4O2. The second-order valence-corrected chi connectivity index (χ2v) is 5.45. The van der Waals surface area contributed by atoms with E-state index in [0.29, 0.717) is 24.2 Å². The van der Waals surface area contributed by atoms with Gasteiger partial charge in [0.05, 0.1) is 13.1 Å². The molecule has 100 valence electrons. The van der Waals surface area contributed by atoms with Gasteiger partial charge in [-0.3, -0.25) is 4.79 Å². The van der Waals surface area contributed by atoms with Crippen LogP contribution in [0.25, 0.3) is 11.0 Å². The SMILES string of the molecule is CC(C)C1(O)CN(C(=O)c2ccc3n[nH]nc3c2)C1. The molecule has 1 aromatic carbocycles. The van der Waals surface area contributed by atoms with E-state index in [1.165, 1.54) is 0 Å². The molecule has 0 spiro atoms. The first-order valence-corrected chi connectivity index (χ1v) is 6.32. The summed E-state index contributed by atoms with van der Waals surface area (Å²) in [4.78, 5) is 13.9. The number of aliphatic hydroxyl groups is 1. The summed E-state index contributed by atoms with van der Waals surface area (Å²) in [7, 11) is 0. The van der Waals surface area contributed by atoms with Crippen molar-refractivity contribution >= 4 is 16.9 Å². The van der Waals surface area contributed by atoms with Gasteiger partial charge < -0.3 is 10.0 Å². The summed E-state index contributed by atoms with van der Waals surface area (Å²) in [5.74, 6) is 0.0739. The molecule has 1 fully saturated rings. The molecule has 0 radical (unpaired) electrons. The van der Waals surface area contributed by atoms with E-state index < -0.39 is 5.60 Å². The van der Waals surface area contributed by atoms with Crippen molar-refractivity contribution in [1.82, 2.24) is 20.3 Å². The summed E-state index contributed by atoms with van der Waals surface area (Å²) in [6.45, 7) is 4.70. The molecule has 0 saturated carbocycles. The Kier molecular flexibility index (Phi) is 2.56. The molecule has 0 atom stereocenters. The fourth-order valence-electron chi connectivity index (χ4n) is 2.28. The molecule has 1 saturated heterocycles. The van der Waals surface area contributed by atoms with Gasteiger partial charge in [-0.2, -0.15) is 15.4 Å². The summed E-state index contributed by atoms with van der Waals surface area (Å²) < 4.78 is 0. The van der Waals surface area contributed by atoms with Crippen molar-refractivity contribution < 1.29 is 9.90 Å². The van der Waals surface area contributed by atoms with Crippen LogP contribution in [0.2, 0.25) is 0 Å². The standard InChI is InChI=1S/C13H16N4O2/c1-8(2)13(19)6-17(7-13)12(18)9-3-4-10-11(5-9)15-16-14-10/h3-5,8,19H,6-7H2,1-2H3,(H,14,15,16). The summed E-state index contributed by atoms with van der Waals surface area (Å²) in [6.07, 6.45) is 0. The van der Waals surface area contributed by atoms with Crippen LogP contribution in [0, 0.1) is 5.92 Å². The van der Waals surface area contributed by atoms with Crippen molar-refractivity contribution in [2.75, 3.05) is 13.1 Å².